The molecule has 8 heteroatoms. The van der Waals surface area contributed by atoms with Gasteiger partial charge in [-0.1, -0.05) is 48.9 Å². The van der Waals surface area contributed by atoms with Gasteiger partial charge in [-0.25, -0.2) is 13.4 Å². The number of aromatic nitrogens is 1. The number of carbonyl (C=O) groups is 1. The van der Waals surface area contributed by atoms with E-state index in [1.807, 2.05) is 41.3 Å². The predicted octanol–water partition coefficient (Wildman–Crippen LogP) is 5.05. The van der Waals surface area contributed by atoms with E-state index in [0.29, 0.717) is 42.0 Å². The maximum atomic E-state index is 13.3. The van der Waals surface area contributed by atoms with Crippen molar-refractivity contribution in [3.8, 4) is 0 Å². The fraction of sp³-hybridized carbons (Fsp3) is 0.308. The van der Waals surface area contributed by atoms with E-state index in [2.05, 4.69) is 11.9 Å². The third-order valence-corrected chi connectivity index (χ3v) is 8.24. The Morgan fingerprint density at radius 3 is 2.53 bits per heavy atom. The Morgan fingerprint density at radius 1 is 1.06 bits per heavy atom. The van der Waals surface area contributed by atoms with E-state index in [9.17, 15) is 13.2 Å². The Bertz CT molecular complexity index is 1240. The number of hydrogen-bond donors (Lipinski definition) is 0. The summed E-state index contributed by atoms with van der Waals surface area (Å²) in [7, 11) is -3.63. The predicted molar refractivity (Wildman–Crippen MR) is 135 cm³/mol. The quantitative estimate of drug-likeness (QED) is 0.407. The SMILES string of the molecule is CC1CCN(S(=O)(=O)c2cccc(C(=O)CN(Cc3cccc(Cl)c3)c3ccccn3)c2)CC1. The van der Waals surface area contributed by atoms with Crippen molar-refractivity contribution >= 4 is 33.2 Å². The zero-order valence-corrected chi connectivity index (χ0v) is 20.7. The average Bonchev–Trinajstić information content (AvgIpc) is 2.84. The molecule has 0 bridgehead atoms. The first kappa shape index (κ1) is 24.4. The molecule has 1 saturated heterocycles. The monoisotopic (exact) mass is 497 g/mol. The largest absolute Gasteiger partial charge is 0.345 e. The third-order valence-electron chi connectivity index (χ3n) is 6.11. The summed E-state index contributed by atoms with van der Waals surface area (Å²) in [5, 5.41) is 0.620. The maximum Gasteiger partial charge on any atom is 0.243 e. The van der Waals surface area contributed by atoms with Gasteiger partial charge in [-0.05, 0) is 60.7 Å². The molecule has 4 rings (SSSR count). The van der Waals surface area contributed by atoms with Crippen molar-refractivity contribution in [2.75, 3.05) is 24.5 Å². The van der Waals surface area contributed by atoms with Gasteiger partial charge in [-0.15, -0.1) is 0 Å². The Kier molecular flexibility index (Phi) is 7.66. The van der Waals surface area contributed by atoms with Gasteiger partial charge in [0.1, 0.15) is 5.82 Å². The van der Waals surface area contributed by atoms with Gasteiger partial charge in [-0.2, -0.15) is 4.31 Å². The minimum absolute atomic E-state index is 0.0499. The molecule has 0 N–H and O–H groups in total. The Balaban J connectivity index is 1.56. The van der Waals surface area contributed by atoms with Crippen LogP contribution in [0.2, 0.25) is 5.02 Å². The number of anilines is 1. The second kappa shape index (κ2) is 10.7. The van der Waals surface area contributed by atoms with Gasteiger partial charge in [0.25, 0.3) is 0 Å². The summed E-state index contributed by atoms with van der Waals surface area (Å²) < 4.78 is 27.9. The van der Waals surface area contributed by atoms with Crippen LogP contribution in [0.15, 0.2) is 77.8 Å². The summed E-state index contributed by atoms with van der Waals surface area (Å²) in [6.45, 7) is 3.64. The standard InChI is InChI=1S/C26H28ClN3O3S/c1-20-11-14-30(15-12-20)34(32,33)24-9-5-7-22(17-24)25(31)19-29(26-10-2-3-13-28-26)18-21-6-4-8-23(27)16-21/h2-10,13,16-17,20H,11-12,14-15,18-19H2,1H3. The Morgan fingerprint density at radius 2 is 1.82 bits per heavy atom. The fourth-order valence-corrected chi connectivity index (χ4v) is 5.81. The lowest BCUT2D eigenvalue weighted by molar-refractivity contribution is 0.0998. The molecule has 0 spiro atoms. The number of sulfonamides is 1. The average molecular weight is 498 g/mol. The lowest BCUT2D eigenvalue weighted by Crippen LogP contribution is -2.38. The molecule has 1 aliphatic rings. The van der Waals surface area contributed by atoms with E-state index in [1.165, 1.54) is 10.4 Å². The molecule has 1 fully saturated rings. The normalized spacial score (nSPS) is 15.2. The molecule has 2 heterocycles. The molecule has 2 aromatic carbocycles. The molecule has 0 radical (unpaired) electrons. The number of carbonyl (C=O) groups excluding carboxylic acids is 1. The number of nitrogens with zero attached hydrogens (tertiary/aromatic N) is 3. The van der Waals surface area contributed by atoms with Crippen molar-refractivity contribution < 1.29 is 13.2 Å². The van der Waals surface area contributed by atoms with Crippen molar-refractivity contribution in [3.05, 3.63) is 89.1 Å². The zero-order chi connectivity index (χ0) is 24.1. The number of ketones is 1. The van der Waals surface area contributed by atoms with Crippen LogP contribution in [0.25, 0.3) is 0 Å². The fourth-order valence-electron chi connectivity index (χ4n) is 4.08. The van der Waals surface area contributed by atoms with Crippen LogP contribution in [0.3, 0.4) is 0 Å². The van der Waals surface area contributed by atoms with Gasteiger partial charge in [0.15, 0.2) is 5.78 Å². The minimum atomic E-state index is -3.63. The number of rotatable bonds is 8. The summed E-state index contributed by atoms with van der Waals surface area (Å²) in [6.07, 6.45) is 3.37. The molecule has 0 amide bonds. The van der Waals surface area contributed by atoms with E-state index in [4.69, 9.17) is 11.6 Å². The van der Waals surface area contributed by atoms with E-state index in [-0.39, 0.29) is 17.2 Å². The Labute approximate surface area is 206 Å². The van der Waals surface area contributed by atoms with Crippen LogP contribution < -0.4 is 4.90 Å². The van der Waals surface area contributed by atoms with Crippen molar-refractivity contribution in [1.29, 1.82) is 0 Å². The second-order valence-corrected chi connectivity index (χ2v) is 11.1. The molecule has 0 saturated carbocycles. The van der Waals surface area contributed by atoms with Gasteiger partial charge < -0.3 is 4.90 Å². The highest BCUT2D eigenvalue weighted by atomic mass is 35.5. The number of halogens is 1. The topological polar surface area (TPSA) is 70.6 Å². The first-order valence-corrected chi connectivity index (χ1v) is 13.2. The van der Waals surface area contributed by atoms with Gasteiger partial charge in [0, 0.05) is 36.4 Å². The Hall–Kier alpha value is -2.74. The smallest absolute Gasteiger partial charge is 0.243 e. The van der Waals surface area contributed by atoms with Gasteiger partial charge in [0.2, 0.25) is 10.0 Å². The number of hydrogen-bond acceptors (Lipinski definition) is 5. The molecular formula is C26H28ClN3O3S. The molecular weight excluding hydrogens is 470 g/mol. The van der Waals surface area contributed by atoms with Crippen LogP contribution in [0.1, 0.15) is 35.7 Å². The number of Topliss-reactive ketones (excluding diaryl/α,β-unsaturated/α-hetero) is 1. The van der Waals surface area contributed by atoms with Gasteiger partial charge in [0.05, 0.1) is 11.4 Å². The first-order chi connectivity index (χ1) is 16.3. The summed E-state index contributed by atoms with van der Waals surface area (Å²) in [5.74, 6) is 0.996. The minimum Gasteiger partial charge on any atom is -0.345 e. The van der Waals surface area contributed by atoms with Gasteiger partial charge in [-0.3, -0.25) is 4.79 Å². The highest BCUT2D eigenvalue weighted by Crippen LogP contribution is 2.24. The summed E-state index contributed by atoms with van der Waals surface area (Å²) >= 11 is 6.15. The van der Waals surface area contributed by atoms with Crippen molar-refractivity contribution in [2.45, 2.75) is 31.2 Å². The molecule has 34 heavy (non-hydrogen) atoms. The highest BCUT2D eigenvalue weighted by molar-refractivity contribution is 7.89. The highest BCUT2D eigenvalue weighted by Gasteiger charge is 2.28. The van der Waals surface area contributed by atoms with Crippen LogP contribution in [-0.2, 0) is 16.6 Å². The lowest BCUT2D eigenvalue weighted by Gasteiger charge is -2.29. The third kappa shape index (κ3) is 5.84. The van der Waals surface area contributed by atoms with Crippen molar-refractivity contribution in [2.24, 2.45) is 5.92 Å². The van der Waals surface area contributed by atoms with Crippen molar-refractivity contribution in [1.82, 2.24) is 9.29 Å². The molecule has 178 valence electrons. The van der Waals surface area contributed by atoms with E-state index < -0.39 is 10.0 Å². The first-order valence-electron chi connectivity index (χ1n) is 11.4. The molecule has 1 aromatic heterocycles. The maximum absolute atomic E-state index is 13.3. The number of benzene rings is 2. The zero-order valence-electron chi connectivity index (χ0n) is 19.1. The lowest BCUT2D eigenvalue weighted by atomic mass is 10.0. The molecule has 3 aromatic rings. The molecule has 0 atom stereocenters. The van der Waals surface area contributed by atoms with Crippen LogP contribution in [0, 0.1) is 5.92 Å². The van der Waals surface area contributed by atoms with Gasteiger partial charge >= 0.3 is 0 Å². The van der Waals surface area contributed by atoms with Crippen LogP contribution >= 0.6 is 11.6 Å². The summed E-state index contributed by atoms with van der Waals surface area (Å²) in [6, 6.07) is 19.3. The number of piperidine rings is 1. The molecule has 6 nitrogen and oxygen atoms in total. The molecule has 0 unspecified atom stereocenters. The number of pyridine rings is 1. The van der Waals surface area contributed by atoms with Crippen LogP contribution in [0.4, 0.5) is 5.82 Å². The van der Waals surface area contributed by atoms with E-state index in [1.54, 1.807) is 30.5 Å². The van der Waals surface area contributed by atoms with Crippen LogP contribution in [-0.4, -0.2) is 43.1 Å². The van der Waals surface area contributed by atoms with E-state index in [0.717, 1.165) is 18.4 Å². The van der Waals surface area contributed by atoms with E-state index >= 15 is 0 Å². The summed E-state index contributed by atoms with van der Waals surface area (Å²) in [5.41, 5.74) is 1.31. The second-order valence-electron chi connectivity index (χ2n) is 8.71. The van der Waals surface area contributed by atoms with Crippen LogP contribution in [0.5, 0.6) is 0 Å². The molecule has 1 aliphatic heterocycles. The summed E-state index contributed by atoms with van der Waals surface area (Å²) in [4.78, 5) is 19.7. The molecule has 0 aliphatic carbocycles. The van der Waals surface area contributed by atoms with Crippen molar-refractivity contribution in [3.63, 3.8) is 0 Å².